The number of benzene rings is 2. The summed E-state index contributed by atoms with van der Waals surface area (Å²) < 4.78 is 0. The lowest BCUT2D eigenvalue weighted by atomic mass is 9.73. The summed E-state index contributed by atoms with van der Waals surface area (Å²) in [5.41, 5.74) is 3.92. The minimum atomic E-state index is -0.113. The predicted octanol–water partition coefficient (Wildman–Crippen LogP) is 2.84. The molecule has 0 saturated carbocycles. The Morgan fingerprint density at radius 3 is 2.41 bits per heavy atom. The van der Waals surface area contributed by atoms with Crippen LogP contribution in [0.5, 0.6) is 0 Å². The molecular formula is C19H20N2O. The van der Waals surface area contributed by atoms with Gasteiger partial charge in [-0.3, -0.25) is 0 Å². The van der Waals surface area contributed by atoms with E-state index >= 15 is 0 Å². The van der Waals surface area contributed by atoms with E-state index in [-0.39, 0.29) is 12.0 Å². The van der Waals surface area contributed by atoms with E-state index in [0.717, 1.165) is 37.1 Å². The molecule has 0 bridgehead atoms. The van der Waals surface area contributed by atoms with E-state index < -0.39 is 0 Å². The summed E-state index contributed by atoms with van der Waals surface area (Å²) in [6.45, 7) is 2.09. The van der Waals surface area contributed by atoms with Crippen molar-refractivity contribution in [3.63, 3.8) is 0 Å². The van der Waals surface area contributed by atoms with Crippen molar-refractivity contribution in [1.29, 1.82) is 5.26 Å². The second-order valence-electron chi connectivity index (χ2n) is 5.96. The first-order valence-corrected chi connectivity index (χ1v) is 7.70. The van der Waals surface area contributed by atoms with Crippen molar-refractivity contribution in [3.05, 3.63) is 59.7 Å². The first kappa shape index (κ1) is 14.8. The van der Waals surface area contributed by atoms with Crippen molar-refractivity contribution < 1.29 is 5.11 Å². The zero-order valence-corrected chi connectivity index (χ0v) is 12.5. The van der Waals surface area contributed by atoms with Gasteiger partial charge >= 0.3 is 0 Å². The largest absolute Gasteiger partial charge is 0.395 e. The average Bonchev–Trinajstić information content (AvgIpc) is 2.62. The van der Waals surface area contributed by atoms with Crippen LogP contribution >= 0.6 is 0 Å². The van der Waals surface area contributed by atoms with Crippen LogP contribution in [-0.4, -0.2) is 24.8 Å². The maximum atomic E-state index is 9.89. The summed E-state index contributed by atoms with van der Waals surface area (Å²) in [6, 6.07) is 18.2. The monoisotopic (exact) mass is 292 g/mol. The molecule has 0 aromatic heterocycles. The average molecular weight is 292 g/mol. The van der Waals surface area contributed by atoms with Crippen molar-refractivity contribution in [2.24, 2.45) is 0 Å². The summed E-state index contributed by atoms with van der Waals surface area (Å²) in [6.07, 6.45) is 1.93. The van der Waals surface area contributed by atoms with Gasteiger partial charge in [0.05, 0.1) is 18.2 Å². The molecule has 1 aliphatic rings. The molecule has 3 rings (SSSR count). The van der Waals surface area contributed by atoms with Crippen LogP contribution in [-0.2, 0) is 5.41 Å². The normalized spacial score (nSPS) is 16.9. The highest BCUT2D eigenvalue weighted by Gasteiger charge is 2.33. The summed E-state index contributed by atoms with van der Waals surface area (Å²) in [7, 11) is 0. The fourth-order valence-corrected chi connectivity index (χ4v) is 3.23. The second-order valence-corrected chi connectivity index (χ2v) is 5.96. The maximum absolute atomic E-state index is 9.89. The van der Waals surface area contributed by atoms with E-state index in [2.05, 4.69) is 35.7 Å². The van der Waals surface area contributed by atoms with E-state index in [1.807, 2.05) is 24.3 Å². The van der Waals surface area contributed by atoms with Gasteiger partial charge in [0.15, 0.2) is 0 Å². The molecule has 0 atom stereocenters. The molecule has 1 fully saturated rings. The van der Waals surface area contributed by atoms with Crippen molar-refractivity contribution in [2.75, 3.05) is 19.7 Å². The molecule has 3 heteroatoms. The third-order valence-electron chi connectivity index (χ3n) is 4.69. The summed E-state index contributed by atoms with van der Waals surface area (Å²) in [5, 5.41) is 22.2. The molecule has 0 amide bonds. The lowest BCUT2D eigenvalue weighted by Gasteiger charge is -2.36. The topological polar surface area (TPSA) is 56.0 Å². The Morgan fingerprint density at radius 2 is 1.77 bits per heavy atom. The predicted molar refractivity (Wildman–Crippen MR) is 87.5 cm³/mol. The van der Waals surface area contributed by atoms with E-state index in [1.165, 1.54) is 5.56 Å². The number of nitriles is 1. The van der Waals surface area contributed by atoms with Crippen LogP contribution in [0.25, 0.3) is 11.1 Å². The van der Waals surface area contributed by atoms with E-state index in [4.69, 9.17) is 5.26 Å². The Kier molecular flexibility index (Phi) is 4.24. The van der Waals surface area contributed by atoms with Crippen LogP contribution in [0.3, 0.4) is 0 Å². The number of nitrogens with zero attached hydrogens (tertiary/aromatic N) is 1. The fraction of sp³-hybridized carbons (Fsp3) is 0.316. The molecule has 1 heterocycles. The van der Waals surface area contributed by atoms with Gasteiger partial charge in [0.2, 0.25) is 0 Å². The summed E-state index contributed by atoms with van der Waals surface area (Å²) >= 11 is 0. The fourth-order valence-electron chi connectivity index (χ4n) is 3.23. The van der Waals surface area contributed by atoms with Crippen molar-refractivity contribution in [1.82, 2.24) is 5.32 Å². The highest BCUT2D eigenvalue weighted by atomic mass is 16.3. The molecule has 2 aromatic rings. The number of hydrogen-bond donors (Lipinski definition) is 2. The maximum Gasteiger partial charge on any atom is 0.0991 e. The van der Waals surface area contributed by atoms with Crippen LogP contribution in [0.1, 0.15) is 24.0 Å². The molecule has 3 nitrogen and oxygen atoms in total. The van der Waals surface area contributed by atoms with Gasteiger partial charge in [-0.25, -0.2) is 0 Å². The Hall–Kier alpha value is -2.15. The highest BCUT2D eigenvalue weighted by molar-refractivity contribution is 5.65. The minimum absolute atomic E-state index is 0.113. The summed E-state index contributed by atoms with van der Waals surface area (Å²) in [4.78, 5) is 0. The molecule has 1 saturated heterocycles. The van der Waals surface area contributed by atoms with Crippen LogP contribution < -0.4 is 5.32 Å². The lowest BCUT2D eigenvalue weighted by molar-refractivity contribution is 0.158. The molecule has 112 valence electrons. The molecule has 0 spiro atoms. The molecule has 0 aliphatic carbocycles. The molecular weight excluding hydrogens is 272 g/mol. The number of hydrogen-bond acceptors (Lipinski definition) is 3. The standard InChI is InChI=1S/C19H20N2O/c20-13-15-2-1-3-17(12-15)16-4-6-18(7-5-16)19(14-22)8-10-21-11-9-19/h1-7,12,21-22H,8-11,14H2. The first-order valence-electron chi connectivity index (χ1n) is 7.70. The van der Waals surface area contributed by atoms with E-state index in [9.17, 15) is 5.11 Å². The Bertz CT molecular complexity index is 679. The number of aliphatic hydroxyl groups is 1. The Balaban J connectivity index is 1.90. The molecule has 0 radical (unpaired) electrons. The van der Waals surface area contributed by atoms with Crippen molar-refractivity contribution in [2.45, 2.75) is 18.3 Å². The van der Waals surface area contributed by atoms with Crippen LogP contribution in [0.15, 0.2) is 48.5 Å². The lowest BCUT2D eigenvalue weighted by Crippen LogP contribution is -2.42. The third kappa shape index (κ3) is 2.76. The quantitative estimate of drug-likeness (QED) is 0.914. The number of nitrogens with one attached hydrogen (secondary N) is 1. The van der Waals surface area contributed by atoms with Gasteiger partial charge in [-0.2, -0.15) is 5.26 Å². The van der Waals surface area contributed by atoms with Crippen LogP contribution in [0.2, 0.25) is 0 Å². The van der Waals surface area contributed by atoms with Gasteiger partial charge in [0, 0.05) is 5.41 Å². The molecule has 22 heavy (non-hydrogen) atoms. The van der Waals surface area contributed by atoms with Gasteiger partial charge < -0.3 is 10.4 Å². The first-order chi connectivity index (χ1) is 10.8. The number of aliphatic hydroxyl groups excluding tert-OH is 1. The number of piperidine rings is 1. The third-order valence-corrected chi connectivity index (χ3v) is 4.69. The molecule has 2 N–H and O–H groups in total. The molecule has 2 aromatic carbocycles. The van der Waals surface area contributed by atoms with E-state index in [0.29, 0.717) is 5.56 Å². The molecule has 1 aliphatic heterocycles. The van der Waals surface area contributed by atoms with Crippen molar-refractivity contribution in [3.8, 4) is 17.2 Å². The minimum Gasteiger partial charge on any atom is -0.395 e. The number of rotatable bonds is 3. The second kappa shape index (κ2) is 6.31. The van der Waals surface area contributed by atoms with Gasteiger partial charge in [-0.1, -0.05) is 36.4 Å². The highest BCUT2D eigenvalue weighted by Crippen LogP contribution is 2.34. The van der Waals surface area contributed by atoms with Gasteiger partial charge in [0.25, 0.3) is 0 Å². The molecule has 0 unspecified atom stereocenters. The SMILES string of the molecule is N#Cc1cccc(-c2ccc(C3(CO)CCNCC3)cc2)c1. The van der Waals surface area contributed by atoms with Gasteiger partial charge in [0.1, 0.15) is 0 Å². The Labute approximate surface area is 131 Å². The van der Waals surface area contributed by atoms with Crippen LogP contribution in [0, 0.1) is 11.3 Å². The van der Waals surface area contributed by atoms with Crippen LogP contribution in [0.4, 0.5) is 0 Å². The van der Waals surface area contributed by atoms with Gasteiger partial charge in [-0.15, -0.1) is 0 Å². The zero-order valence-electron chi connectivity index (χ0n) is 12.5. The Morgan fingerprint density at radius 1 is 1.05 bits per heavy atom. The van der Waals surface area contributed by atoms with Gasteiger partial charge in [-0.05, 0) is 54.8 Å². The smallest absolute Gasteiger partial charge is 0.0991 e. The van der Waals surface area contributed by atoms with E-state index in [1.54, 1.807) is 0 Å². The zero-order chi connectivity index (χ0) is 15.4. The van der Waals surface area contributed by atoms with Crippen molar-refractivity contribution >= 4 is 0 Å². The summed E-state index contributed by atoms with van der Waals surface area (Å²) in [5.74, 6) is 0.